The molecule has 23 heavy (non-hydrogen) atoms. The Morgan fingerprint density at radius 3 is 2.43 bits per heavy atom. The van der Waals surface area contributed by atoms with Crippen LogP contribution in [0.5, 0.6) is 0 Å². The van der Waals surface area contributed by atoms with Gasteiger partial charge in [0, 0.05) is 30.0 Å². The van der Waals surface area contributed by atoms with E-state index in [9.17, 15) is 9.59 Å². The molecule has 1 saturated heterocycles. The second-order valence-corrected chi connectivity index (χ2v) is 5.50. The van der Waals surface area contributed by atoms with Crippen LogP contribution in [0.2, 0.25) is 0 Å². The van der Waals surface area contributed by atoms with Gasteiger partial charge in [-0.25, -0.2) is 4.79 Å². The van der Waals surface area contributed by atoms with Crippen molar-refractivity contribution >= 4 is 29.0 Å². The van der Waals surface area contributed by atoms with Gasteiger partial charge in [-0.2, -0.15) is 0 Å². The molecule has 1 fully saturated rings. The molecule has 2 aromatic carbocycles. The van der Waals surface area contributed by atoms with Gasteiger partial charge in [-0.1, -0.05) is 24.3 Å². The summed E-state index contributed by atoms with van der Waals surface area (Å²) in [6, 6.07) is 16.3. The minimum Gasteiger partial charge on any atom is -0.312 e. The molecule has 118 valence electrons. The second-order valence-electron chi connectivity index (χ2n) is 5.50. The van der Waals surface area contributed by atoms with E-state index in [0.717, 1.165) is 30.8 Å². The van der Waals surface area contributed by atoms with E-state index in [1.165, 1.54) is 0 Å². The number of hydrogen-bond donors (Lipinski definition) is 2. The molecule has 5 nitrogen and oxygen atoms in total. The van der Waals surface area contributed by atoms with Gasteiger partial charge in [-0.3, -0.25) is 4.79 Å². The first-order valence-electron chi connectivity index (χ1n) is 7.76. The first-order valence-corrected chi connectivity index (χ1v) is 7.76. The minimum absolute atomic E-state index is 0.141. The Kier molecular flexibility index (Phi) is 4.57. The maximum absolute atomic E-state index is 12.0. The molecule has 5 heteroatoms. The number of amides is 3. The molecule has 3 amide bonds. The number of benzene rings is 2. The van der Waals surface area contributed by atoms with E-state index < -0.39 is 0 Å². The van der Waals surface area contributed by atoms with Crippen LogP contribution in [0.15, 0.2) is 54.6 Å². The van der Waals surface area contributed by atoms with Crippen molar-refractivity contribution in [3.05, 3.63) is 54.6 Å². The summed E-state index contributed by atoms with van der Waals surface area (Å²) in [4.78, 5) is 25.8. The maximum atomic E-state index is 12.0. The summed E-state index contributed by atoms with van der Waals surface area (Å²) in [6.45, 7) is 0.735. The molecule has 0 aromatic heterocycles. The molecule has 2 aromatic rings. The zero-order valence-corrected chi connectivity index (χ0v) is 12.8. The van der Waals surface area contributed by atoms with Crippen molar-refractivity contribution in [1.82, 2.24) is 0 Å². The van der Waals surface area contributed by atoms with Crippen molar-refractivity contribution in [2.24, 2.45) is 0 Å². The number of anilines is 3. The predicted octanol–water partition coefficient (Wildman–Crippen LogP) is 3.85. The molecule has 0 atom stereocenters. The van der Waals surface area contributed by atoms with Gasteiger partial charge >= 0.3 is 6.03 Å². The van der Waals surface area contributed by atoms with Crippen LogP contribution in [-0.2, 0) is 4.79 Å². The van der Waals surface area contributed by atoms with Crippen molar-refractivity contribution in [2.45, 2.75) is 19.3 Å². The Morgan fingerprint density at radius 1 is 0.913 bits per heavy atom. The lowest BCUT2D eigenvalue weighted by molar-refractivity contribution is -0.119. The van der Waals surface area contributed by atoms with Gasteiger partial charge in [0.25, 0.3) is 0 Å². The van der Waals surface area contributed by atoms with Crippen LogP contribution in [0.4, 0.5) is 21.9 Å². The quantitative estimate of drug-likeness (QED) is 0.904. The van der Waals surface area contributed by atoms with E-state index in [2.05, 4.69) is 10.6 Å². The highest BCUT2D eigenvalue weighted by molar-refractivity contribution is 6.00. The van der Waals surface area contributed by atoms with Gasteiger partial charge in [0.2, 0.25) is 5.91 Å². The third kappa shape index (κ3) is 3.88. The molecule has 3 rings (SSSR count). The molecule has 1 heterocycles. The number of carbonyl (C=O) groups is 2. The van der Waals surface area contributed by atoms with Crippen LogP contribution < -0.4 is 15.5 Å². The van der Waals surface area contributed by atoms with Crippen molar-refractivity contribution in [3.8, 4) is 0 Å². The van der Waals surface area contributed by atoms with E-state index in [0.29, 0.717) is 12.1 Å². The lowest BCUT2D eigenvalue weighted by Crippen LogP contribution is -2.35. The second kappa shape index (κ2) is 6.96. The molecule has 0 spiro atoms. The Morgan fingerprint density at radius 2 is 1.65 bits per heavy atom. The van der Waals surface area contributed by atoms with E-state index in [-0.39, 0.29) is 11.9 Å². The third-order valence-corrected chi connectivity index (χ3v) is 3.77. The van der Waals surface area contributed by atoms with E-state index >= 15 is 0 Å². The Hall–Kier alpha value is -2.82. The molecule has 0 saturated carbocycles. The molecular formula is C18H19N3O2. The van der Waals surface area contributed by atoms with Crippen molar-refractivity contribution < 1.29 is 9.59 Å². The normalized spacial score (nSPS) is 14.4. The zero-order chi connectivity index (χ0) is 16.1. The molecule has 1 aliphatic heterocycles. The average molecular weight is 309 g/mol. The van der Waals surface area contributed by atoms with Crippen LogP contribution in [-0.4, -0.2) is 18.5 Å². The summed E-state index contributed by atoms with van der Waals surface area (Å²) in [7, 11) is 0. The molecule has 0 unspecified atom stereocenters. The topological polar surface area (TPSA) is 61.4 Å². The van der Waals surface area contributed by atoms with Crippen LogP contribution >= 0.6 is 0 Å². The highest BCUT2D eigenvalue weighted by Crippen LogP contribution is 2.24. The van der Waals surface area contributed by atoms with Gasteiger partial charge in [0.15, 0.2) is 0 Å². The first-order chi connectivity index (χ1) is 11.2. The lowest BCUT2D eigenvalue weighted by Gasteiger charge is -2.27. The van der Waals surface area contributed by atoms with Gasteiger partial charge in [0.05, 0.1) is 0 Å². The highest BCUT2D eigenvalue weighted by Gasteiger charge is 2.19. The zero-order valence-electron chi connectivity index (χ0n) is 12.8. The standard InChI is InChI=1S/C18H19N3O2/c22-17-11-4-5-12-21(17)16-10-6-9-15(13-16)20-18(23)19-14-7-2-1-3-8-14/h1-3,6-10,13H,4-5,11-12H2,(H2,19,20,23). The largest absolute Gasteiger partial charge is 0.323 e. The molecule has 0 aliphatic carbocycles. The average Bonchev–Trinajstić information content (AvgIpc) is 2.56. The molecule has 0 bridgehead atoms. The maximum Gasteiger partial charge on any atom is 0.323 e. The Balaban J connectivity index is 1.67. The lowest BCUT2D eigenvalue weighted by atomic mass is 10.1. The van der Waals surface area contributed by atoms with E-state index in [1.807, 2.05) is 54.6 Å². The fourth-order valence-electron chi connectivity index (χ4n) is 2.65. The van der Waals surface area contributed by atoms with Gasteiger partial charge < -0.3 is 15.5 Å². The van der Waals surface area contributed by atoms with Gasteiger partial charge in [-0.05, 0) is 43.2 Å². The van der Waals surface area contributed by atoms with Gasteiger partial charge in [-0.15, -0.1) is 0 Å². The summed E-state index contributed by atoms with van der Waals surface area (Å²) in [5.74, 6) is 0.141. The molecule has 2 N–H and O–H groups in total. The summed E-state index contributed by atoms with van der Waals surface area (Å²) >= 11 is 0. The van der Waals surface area contributed by atoms with E-state index in [4.69, 9.17) is 0 Å². The smallest absolute Gasteiger partial charge is 0.312 e. The number of urea groups is 1. The van der Waals surface area contributed by atoms with Crippen LogP contribution in [0.25, 0.3) is 0 Å². The molecule has 1 aliphatic rings. The van der Waals surface area contributed by atoms with Gasteiger partial charge in [0.1, 0.15) is 0 Å². The number of hydrogen-bond acceptors (Lipinski definition) is 2. The van der Waals surface area contributed by atoms with E-state index in [1.54, 1.807) is 4.90 Å². The first kappa shape index (κ1) is 15.1. The number of carbonyl (C=O) groups excluding carboxylic acids is 2. The summed E-state index contributed by atoms with van der Waals surface area (Å²) < 4.78 is 0. The number of nitrogens with one attached hydrogen (secondary N) is 2. The number of piperidine rings is 1. The van der Waals surface area contributed by atoms with Crippen molar-refractivity contribution in [2.75, 3.05) is 22.1 Å². The number of para-hydroxylation sites is 1. The highest BCUT2D eigenvalue weighted by atomic mass is 16.2. The monoisotopic (exact) mass is 309 g/mol. The van der Waals surface area contributed by atoms with Crippen LogP contribution in [0.1, 0.15) is 19.3 Å². The van der Waals surface area contributed by atoms with Crippen molar-refractivity contribution in [3.63, 3.8) is 0 Å². The van der Waals surface area contributed by atoms with Crippen LogP contribution in [0.3, 0.4) is 0 Å². The summed E-state index contributed by atoms with van der Waals surface area (Å²) in [6.07, 6.45) is 2.55. The van der Waals surface area contributed by atoms with Crippen LogP contribution in [0, 0.1) is 0 Å². The Labute approximate surface area is 135 Å². The fraction of sp³-hybridized carbons (Fsp3) is 0.222. The summed E-state index contributed by atoms with van der Waals surface area (Å²) in [5, 5.41) is 5.56. The van der Waals surface area contributed by atoms with Crippen molar-refractivity contribution in [1.29, 1.82) is 0 Å². The number of nitrogens with zero attached hydrogens (tertiary/aromatic N) is 1. The predicted molar refractivity (Wildman–Crippen MR) is 91.7 cm³/mol. The third-order valence-electron chi connectivity index (χ3n) is 3.77. The molecule has 0 radical (unpaired) electrons. The SMILES string of the molecule is O=C(Nc1ccccc1)Nc1cccc(N2CCCCC2=O)c1. The summed E-state index contributed by atoms with van der Waals surface area (Å²) in [5.41, 5.74) is 2.22. The number of rotatable bonds is 3. The Bertz CT molecular complexity index is 700. The minimum atomic E-state index is -0.307. The fourth-order valence-corrected chi connectivity index (χ4v) is 2.65. The molecular weight excluding hydrogens is 290 g/mol.